The van der Waals surface area contributed by atoms with Crippen molar-refractivity contribution >= 4 is 16.1 Å². The molecule has 0 fully saturated rings. The Morgan fingerprint density at radius 1 is 1.41 bits per heavy atom. The summed E-state index contributed by atoms with van der Waals surface area (Å²) in [5, 5.41) is 0. The first-order valence-corrected chi connectivity index (χ1v) is 7.04. The molecule has 0 aliphatic rings. The van der Waals surface area contributed by atoms with Crippen LogP contribution in [-0.4, -0.2) is 33.3 Å². The van der Waals surface area contributed by atoms with Crippen LogP contribution >= 0.6 is 0 Å². The van der Waals surface area contributed by atoms with Crippen molar-refractivity contribution in [2.45, 2.75) is 6.42 Å². The molecule has 0 atom stereocenters. The van der Waals surface area contributed by atoms with Gasteiger partial charge in [-0.2, -0.15) is 0 Å². The molecule has 0 heterocycles. The quantitative estimate of drug-likeness (QED) is 0.574. The van der Waals surface area contributed by atoms with Gasteiger partial charge in [0.25, 0.3) is 0 Å². The Labute approximate surface area is 99.3 Å². The van der Waals surface area contributed by atoms with Gasteiger partial charge in [0.2, 0.25) is 0 Å². The molecule has 1 aromatic carbocycles. The highest BCUT2D eigenvalue weighted by Crippen LogP contribution is 2.21. The second-order valence-electron chi connectivity index (χ2n) is 3.61. The largest absolute Gasteiger partial charge is 0.490 e. The first-order valence-electron chi connectivity index (χ1n) is 4.98. The summed E-state index contributed by atoms with van der Waals surface area (Å²) >= 11 is 0. The van der Waals surface area contributed by atoms with Gasteiger partial charge in [0.05, 0.1) is 17.9 Å². The number of para-hydroxylation sites is 1. The number of hydrogen-bond acceptors (Lipinski definition) is 4. The minimum Gasteiger partial charge on any atom is -0.490 e. The summed E-state index contributed by atoms with van der Waals surface area (Å²) in [6, 6.07) is 4.02. The summed E-state index contributed by atoms with van der Waals surface area (Å²) in [4.78, 5) is 10.6. The molecule has 94 valence electrons. The molecule has 0 aromatic heterocycles. The Balaban J connectivity index is 2.60. The van der Waals surface area contributed by atoms with Gasteiger partial charge < -0.3 is 4.74 Å². The van der Waals surface area contributed by atoms with Crippen molar-refractivity contribution in [3.05, 3.63) is 29.6 Å². The van der Waals surface area contributed by atoms with E-state index >= 15 is 0 Å². The van der Waals surface area contributed by atoms with E-state index in [2.05, 4.69) is 0 Å². The first kappa shape index (κ1) is 13.6. The second kappa shape index (κ2) is 5.77. The molecular formula is C11H13FO4S. The summed E-state index contributed by atoms with van der Waals surface area (Å²) in [5.74, 6) is -0.789. The number of benzene rings is 1. The molecule has 0 aliphatic carbocycles. The molecule has 0 spiro atoms. The minimum absolute atomic E-state index is 0.0299. The van der Waals surface area contributed by atoms with E-state index in [0.717, 1.165) is 6.26 Å². The minimum atomic E-state index is -3.05. The maximum Gasteiger partial charge on any atom is 0.165 e. The lowest BCUT2D eigenvalue weighted by molar-refractivity contribution is 0.111. The molecule has 0 saturated carbocycles. The van der Waals surface area contributed by atoms with E-state index in [-0.39, 0.29) is 30.1 Å². The van der Waals surface area contributed by atoms with E-state index in [0.29, 0.717) is 6.29 Å². The molecule has 1 rings (SSSR count). The van der Waals surface area contributed by atoms with E-state index in [1.54, 1.807) is 0 Å². The summed E-state index contributed by atoms with van der Waals surface area (Å²) in [5.41, 5.74) is 0.115. The van der Waals surface area contributed by atoms with Gasteiger partial charge in [0, 0.05) is 6.26 Å². The van der Waals surface area contributed by atoms with Crippen LogP contribution in [0.3, 0.4) is 0 Å². The maximum absolute atomic E-state index is 13.3. The molecular weight excluding hydrogens is 247 g/mol. The third kappa shape index (κ3) is 4.52. The summed E-state index contributed by atoms with van der Waals surface area (Å²) in [6.07, 6.45) is 1.87. The van der Waals surface area contributed by atoms with Crippen molar-refractivity contribution in [3.8, 4) is 5.75 Å². The zero-order valence-corrected chi connectivity index (χ0v) is 10.2. The monoisotopic (exact) mass is 260 g/mol. The van der Waals surface area contributed by atoms with Crippen LogP contribution in [-0.2, 0) is 9.84 Å². The van der Waals surface area contributed by atoms with Gasteiger partial charge in [0.15, 0.2) is 17.9 Å². The van der Waals surface area contributed by atoms with Crippen LogP contribution in [0.1, 0.15) is 16.8 Å². The highest BCUT2D eigenvalue weighted by Gasteiger charge is 2.09. The molecule has 0 aliphatic heterocycles. The maximum atomic E-state index is 13.3. The summed E-state index contributed by atoms with van der Waals surface area (Å²) in [7, 11) is -3.05. The fourth-order valence-electron chi connectivity index (χ4n) is 1.27. The van der Waals surface area contributed by atoms with Crippen molar-refractivity contribution in [3.63, 3.8) is 0 Å². The van der Waals surface area contributed by atoms with Crippen LogP contribution in [0.2, 0.25) is 0 Å². The van der Waals surface area contributed by atoms with Crippen LogP contribution < -0.4 is 4.74 Å². The predicted octanol–water partition coefficient (Wildman–Crippen LogP) is 1.45. The number of carbonyl (C=O) groups excluding carboxylic acids is 1. The van der Waals surface area contributed by atoms with E-state index in [1.165, 1.54) is 18.2 Å². The predicted molar refractivity (Wildman–Crippen MR) is 61.6 cm³/mol. The topological polar surface area (TPSA) is 60.4 Å². The fourth-order valence-corrected chi connectivity index (χ4v) is 1.91. The third-order valence-electron chi connectivity index (χ3n) is 2.03. The van der Waals surface area contributed by atoms with Gasteiger partial charge in [-0.3, -0.25) is 4.79 Å². The Hall–Kier alpha value is -1.43. The zero-order valence-electron chi connectivity index (χ0n) is 9.35. The summed E-state index contributed by atoms with van der Waals surface area (Å²) < 4.78 is 40.1. The molecule has 1 aromatic rings. The van der Waals surface area contributed by atoms with Crippen molar-refractivity contribution in [1.29, 1.82) is 0 Å². The Kier molecular flexibility index (Phi) is 4.62. The molecule has 0 radical (unpaired) electrons. The van der Waals surface area contributed by atoms with Crippen molar-refractivity contribution in [1.82, 2.24) is 0 Å². The molecule has 0 unspecified atom stereocenters. The number of hydrogen-bond donors (Lipinski definition) is 0. The van der Waals surface area contributed by atoms with Gasteiger partial charge in [0.1, 0.15) is 9.84 Å². The Morgan fingerprint density at radius 3 is 2.71 bits per heavy atom. The van der Waals surface area contributed by atoms with E-state index in [4.69, 9.17) is 4.74 Å². The lowest BCUT2D eigenvalue weighted by Gasteiger charge is -2.08. The summed E-state index contributed by atoms with van der Waals surface area (Å²) in [6.45, 7) is 0.0504. The molecule has 17 heavy (non-hydrogen) atoms. The van der Waals surface area contributed by atoms with Gasteiger partial charge >= 0.3 is 0 Å². The van der Waals surface area contributed by atoms with Crippen molar-refractivity contribution < 1.29 is 22.3 Å². The lowest BCUT2D eigenvalue weighted by atomic mass is 10.2. The zero-order chi connectivity index (χ0) is 12.9. The molecule has 0 N–H and O–H groups in total. The average Bonchev–Trinajstić information content (AvgIpc) is 2.24. The van der Waals surface area contributed by atoms with Gasteiger partial charge in [-0.25, -0.2) is 12.8 Å². The molecule has 0 saturated heterocycles. The standard InChI is InChI=1S/C11H13FO4S/c1-17(14,15)7-3-6-16-11-9(8-13)4-2-5-10(11)12/h2,4-5,8H,3,6-7H2,1H3. The van der Waals surface area contributed by atoms with Crippen LogP contribution in [0, 0.1) is 5.82 Å². The fraction of sp³-hybridized carbons (Fsp3) is 0.364. The van der Waals surface area contributed by atoms with E-state index < -0.39 is 15.7 Å². The van der Waals surface area contributed by atoms with Crippen molar-refractivity contribution in [2.24, 2.45) is 0 Å². The van der Waals surface area contributed by atoms with E-state index in [1.807, 2.05) is 0 Å². The van der Waals surface area contributed by atoms with Crippen LogP contribution in [0.4, 0.5) is 4.39 Å². The number of rotatable bonds is 6. The molecule has 0 bridgehead atoms. The number of carbonyl (C=O) groups is 1. The second-order valence-corrected chi connectivity index (χ2v) is 5.87. The Morgan fingerprint density at radius 2 is 2.12 bits per heavy atom. The third-order valence-corrected chi connectivity index (χ3v) is 3.06. The lowest BCUT2D eigenvalue weighted by Crippen LogP contribution is -2.09. The van der Waals surface area contributed by atoms with Crippen LogP contribution in [0.15, 0.2) is 18.2 Å². The number of ether oxygens (including phenoxy) is 1. The smallest absolute Gasteiger partial charge is 0.165 e. The normalized spacial score (nSPS) is 11.2. The number of sulfone groups is 1. The molecule has 4 nitrogen and oxygen atoms in total. The van der Waals surface area contributed by atoms with Crippen molar-refractivity contribution in [2.75, 3.05) is 18.6 Å². The molecule has 6 heteroatoms. The van der Waals surface area contributed by atoms with E-state index in [9.17, 15) is 17.6 Å². The van der Waals surface area contributed by atoms with Gasteiger partial charge in [-0.05, 0) is 18.6 Å². The van der Waals surface area contributed by atoms with Crippen LogP contribution in [0.25, 0.3) is 0 Å². The number of halogens is 1. The van der Waals surface area contributed by atoms with Gasteiger partial charge in [-0.1, -0.05) is 6.07 Å². The Bertz CT molecular complexity index is 496. The molecule has 0 amide bonds. The highest BCUT2D eigenvalue weighted by molar-refractivity contribution is 7.90. The number of aldehydes is 1. The van der Waals surface area contributed by atoms with Gasteiger partial charge in [-0.15, -0.1) is 0 Å². The first-order chi connectivity index (χ1) is 7.94. The average molecular weight is 260 g/mol. The SMILES string of the molecule is CS(=O)(=O)CCCOc1c(F)cccc1C=O. The van der Waals surface area contributed by atoms with Crippen LogP contribution in [0.5, 0.6) is 5.75 Å². The highest BCUT2D eigenvalue weighted by atomic mass is 32.2.